The molecule has 2 aromatic heterocycles. The Morgan fingerprint density at radius 2 is 2.06 bits per heavy atom. The molecule has 0 bridgehead atoms. The Morgan fingerprint density at radius 3 is 2.73 bits per heavy atom. The van der Waals surface area contributed by atoms with Gasteiger partial charge >= 0.3 is 0 Å². The zero-order chi connectivity index (χ0) is 24.2. The first-order valence-electron chi connectivity index (χ1n) is 9.71. The average molecular weight is 471 g/mol. The van der Waals surface area contributed by atoms with Crippen molar-refractivity contribution >= 4 is 33.1 Å². The summed E-state index contributed by atoms with van der Waals surface area (Å²) < 4.78 is 28.7. The van der Waals surface area contributed by atoms with E-state index in [1.165, 1.54) is 36.1 Å². The Labute approximate surface area is 190 Å². The van der Waals surface area contributed by atoms with Crippen molar-refractivity contribution in [3.05, 3.63) is 64.0 Å². The van der Waals surface area contributed by atoms with E-state index in [0.29, 0.717) is 29.7 Å². The van der Waals surface area contributed by atoms with Gasteiger partial charge in [0, 0.05) is 44.0 Å². The molecule has 0 spiro atoms. The number of nitrogens with one attached hydrogen (secondary N) is 1. The lowest BCUT2D eigenvalue weighted by Gasteiger charge is -2.18. The van der Waals surface area contributed by atoms with Gasteiger partial charge in [0.15, 0.2) is 0 Å². The van der Waals surface area contributed by atoms with Gasteiger partial charge in [0.05, 0.1) is 40.2 Å². The second-order valence-corrected chi connectivity index (χ2v) is 9.23. The van der Waals surface area contributed by atoms with E-state index < -0.39 is 14.9 Å². The third-order valence-corrected chi connectivity index (χ3v) is 6.40. The number of aromatic nitrogens is 2. The van der Waals surface area contributed by atoms with Crippen LogP contribution >= 0.6 is 0 Å². The summed E-state index contributed by atoms with van der Waals surface area (Å²) in [7, 11) is 0.762. The van der Waals surface area contributed by atoms with E-state index in [-0.39, 0.29) is 16.3 Å². The van der Waals surface area contributed by atoms with Crippen molar-refractivity contribution in [2.75, 3.05) is 39.5 Å². The molecule has 3 aromatic rings. The number of hydrazone groups is 1. The summed E-state index contributed by atoms with van der Waals surface area (Å²) in [4.78, 5) is 12.2. The zero-order valence-electron chi connectivity index (χ0n) is 18.2. The summed E-state index contributed by atoms with van der Waals surface area (Å²) >= 11 is 0. The van der Waals surface area contributed by atoms with Crippen LogP contribution in [0, 0.1) is 21.4 Å². The summed E-state index contributed by atoms with van der Waals surface area (Å²) in [6, 6.07) is 8.86. The van der Waals surface area contributed by atoms with Gasteiger partial charge in [-0.05, 0) is 32.3 Å². The predicted octanol–water partition coefficient (Wildman–Crippen LogP) is 1.74. The van der Waals surface area contributed by atoms with Crippen LogP contribution in [0.3, 0.4) is 0 Å². The van der Waals surface area contributed by atoms with Crippen LogP contribution in [0.4, 0.5) is 11.4 Å². The first kappa shape index (κ1) is 23.6. The molecule has 33 heavy (non-hydrogen) atoms. The molecule has 12 nitrogen and oxygen atoms in total. The lowest BCUT2D eigenvalue weighted by atomic mass is 10.2. The number of hydrogen-bond acceptors (Lipinski definition) is 9. The SMILES string of the molecule is CN(C)CCNc1ccc([N+](=O)[O-])cc1S(=O)(=O)N(C)N=Cc1cnn2ccc(C#N)cc12. The van der Waals surface area contributed by atoms with Crippen molar-refractivity contribution in [1.29, 1.82) is 5.26 Å². The van der Waals surface area contributed by atoms with E-state index in [9.17, 15) is 18.5 Å². The van der Waals surface area contributed by atoms with E-state index >= 15 is 0 Å². The molecular weight excluding hydrogens is 448 g/mol. The Kier molecular flexibility index (Phi) is 6.90. The molecule has 0 unspecified atom stereocenters. The van der Waals surface area contributed by atoms with Crippen LogP contribution in [0.15, 0.2) is 52.7 Å². The van der Waals surface area contributed by atoms with Gasteiger partial charge in [-0.2, -0.15) is 28.3 Å². The molecule has 0 radical (unpaired) electrons. The lowest BCUT2D eigenvalue weighted by Crippen LogP contribution is -2.25. The maximum atomic E-state index is 13.2. The number of nitriles is 1. The van der Waals surface area contributed by atoms with Gasteiger partial charge < -0.3 is 10.2 Å². The predicted molar refractivity (Wildman–Crippen MR) is 123 cm³/mol. The summed E-state index contributed by atoms with van der Waals surface area (Å²) in [6.45, 7) is 1.06. The average Bonchev–Trinajstić information content (AvgIpc) is 3.19. The minimum Gasteiger partial charge on any atom is -0.383 e. The van der Waals surface area contributed by atoms with Crippen LogP contribution < -0.4 is 5.32 Å². The molecule has 172 valence electrons. The molecule has 1 N–H and O–H groups in total. The molecule has 13 heteroatoms. The summed E-state index contributed by atoms with van der Waals surface area (Å²) in [5.41, 5.74) is 1.38. The quantitative estimate of drug-likeness (QED) is 0.282. The van der Waals surface area contributed by atoms with Crippen molar-refractivity contribution in [3.8, 4) is 6.07 Å². The van der Waals surface area contributed by atoms with Gasteiger partial charge in [0.2, 0.25) is 0 Å². The molecule has 0 amide bonds. The van der Waals surface area contributed by atoms with Crippen LogP contribution in [0.2, 0.25) is 0 Å². The van der Waals surface area contributed by atoms with Crippen LogP contribution in [-0.2, 0) is 10.0 Å². The fourth-order valence-electron chi connectivity index (χ4n) is 2.91. The molecule has 0 atom stereocenters. The molecule has 3 rings (SSSR count). The van der Waals surface area contributed by atoms with Crippen molar-refractivity contribution in [2.45, 2.75) is 4.90 Å². The minimum absolute atomic E-state index is 0.235. The number of rotatable bonds is 9. The first-order chi connectivity index (χ1) is 15.6. The molecule has 0 aliphatic heterocycles. The largest absolute Gasteiger partial charge is 0.383 e. The number of nitro groups is 1. The van der Waals surface area contributed by atoms with E-state index in [1.54, 1.807) is 18.3 Å². The topological polar surface area (TPSA) is 149 Å². The number of anilines is 1. The molecule has 0 aliphatic carbocycles. The normalized spacial score (nSPS) is 11.7. The summed E-state index contributed by atoms with van der Waals surface area (Å²) in [5.74, 6) is 0. The highest BCUT2D eigenvalue weighted by Gasteiger charge is 2.26. The number of nitrogens with zero attached hydrogens (tertiary/aromatic N) is 7. The smallest absolute Gasteiger partial charge is 0.281 e. The molecule has 0 fully saturated rings. The van der Waals surface area contributed by atoms with Crippen molar-refractivity contribution in [1.82, 2.24) is 18.9 Å². The third kappa shape index (κ3) is 5.25. The van der Waals surface area contributed by atoms with Gasteiger partial charge in [0.25, 0.3) is 15.7 Å². The molecule has 0 saturated heterocycles. The Bertz CT molecular complexity index is 1360. The van der Waals surface area contributed by atoms with Crippen LogP contribution in [0.5, 0.6) is 0 Å². The monoisotopic (exact) mass is 470 g/mol. The van der Waals surface area contributed by atoms with E-state index in [2.05, 4.69) is 15.5 Å². The fraction of sp³-hybridized carbons (Fsp3) is 0.250. The Morgan fingerprint density at radius 1 is 1.30 bits per heavy atom. The van der Waals surface area contributed by atoms with Crippen molar-refractivity contribution < 1.29 is 13.3 Å². The summed E-state index contributed by atoms with van der Waals surface area (Å²) in [5, 5.41) is 31.5. The van der Waals surface area contributed by atoms with E-state index in [1.807, 2.05) is 25.1 Å². The van der Waals surface area contributed by atoms with Gasteiger partial charge in [-0.1, -0.05) is 0 Å². The highest BCUT2D eigenvalue weighted by Crippen LogP contribution is 2.28. The minimum atomic E-state index is -4.22. The highest BCUT2D eigenvalue weighted by atomic mass is 32.2. The Balaban J connectivity index is 1.94. The number of fused-ring (bicyclic) bond motifs is 1. The van der Waals surface area contributed by atoms with Gasteiger partial charge in [-0.3, -0.25) is 10.1 Å². The molecule has 0 aliphatic rings. The number of nitro benzene ring substituents is 1. The fourth-order valence-corrected chi connectivity index (χ4v) is 4.06. The highest BCUT2D eigenvalue weighted by molar-refractivity contribution is 7.89. The van der Waals surface area contributed by atoms with Crippen molar-refractivity contribution in [2.24, 2.45) is 5.10 Å². The standard InChI is InChI=1S/C20H22N8O4S/c1-25(2)9-7-22-18-5-4-17(28(29)30)11-20(18)33(31,32)26(3)23-13-16-14-24-27-8-6-15(12-21)10-19(16)27/h4-6,8,10-11,13-14,22H,7,9H2,1-3H3. The van der Waals surface area contributed by atoms with Crippen LogP contribution in [-0.4, -0.2) is 72.7 Å². The molecule has 0 saturated carbocycles. The number of benzene rings is 1. The molecule has 2 heterocycles. The lowest BCUT2D eigenvalue weighted by molar-refractivity contribution is -0.385. The van der Waals surface area contributed by atoms with Gasteiger partial charge in [-0.25, -0.2) is 4.52 Å². The van der Waals surface area contributed by atoms with Gasteiger partial charge in [0.1, 0.15) is 4.90 Å². The zero-order valence-corrected chi connectivity index (χ0v) is 19.0. The van der Waals surface area contributed by atoms with Crippen molar-refractivity contribution in [3.63, 3.8) is 0 Å². The second-order valence-electron chi connectivity index (χ2n) is 7.31. The van der Waals surface area contributed by atoms with Crippen LogP contribution in [0.25, 0.3) is 5.52 Å². The number of likely N-dealkylation sites (N-methyl/N-ethyl adjacent to an activating group) is 1. The number of non-ortho nitro benzene ring substituents is 1. The number of pyridine rings is 1. The third-order valence-electron chi connectivity index (χ3n) is 4.72. The Hall–Kier alpha value is -4.02. The van der Waals surface area contributed by atoms with Gasteiger partial charge in [-0.15, -0.1) is 0 Å². The first-order valence-corrected chi connectivity index (χ1v) is 11.1. The summed E-state index contributed by atoms with van der Waals surface area (Å²) in [6.07, 6.45) is 4.40. The number of sulfonamides is 1. The van der Waals surface area contributed by atoms with E-state index in [4.69, 9.17) is 5.26 Å². The molecular formula is C20H22N8O4S. The molecule has 1 aromatic carbocycles. The second kappa shape index (κ2) is 9.63. The maximum absolute atomic E-state index is 13.2. The number of hydrogen-bond donors (Lipinski definition) is 1. The van der Waals surface area contributed by atoms with Crippen LogP contribution in [0.1, 0.15) is 11.1 Å². The van der Waals surface area contributed by atoms with E-state index in [0.717, 1.165) is 10.5 Å². The maximum Gasteiger partial charge on any atom is 0.281 e.